The summed E-state index contributed by atoms with van der Waals surface area (Å²) in [5.41, 5.74) is 1.30. The first kappa shape index (κ1) is 9.53. The molecule has 0 bridgehead atoms. The molecule has 1 fully saturated rings. The summed E-state index contributed by atoms with van der Waals surface area (Å²) in [4.78, 5) is 0. The van der Waals surface area contributed by atoms with Crippen molar-refractivity contribution in [2.45, 2.75) is 12.1 Å². The van der Waals surface area contributed by atoms with Crippen LogP contribution < -0.4 is 0 Å². The van der Waals surface area contributed by atoms with Gasteiger partial charge in [0.1, 0.15) is 14.4 Å². The maximum Gasteiger partial charge on any atom is 0.108 e. The third-order valence-corrected chi connectivity index (χ3v) is 4.72. The highest BCUT2D eigenvalue weighted by Gasteiger charge is 2.41. The summed E-state index contributed by atoms with van der Waals surface area (Å²) < 4.78 is 8.51. The topological polar surface area (TPSA) is 12.5 Å². The number of fused-ring (bicyclic) bond motifs is 1. The molecule has 0 saturated carbocycles. The molecule has 0 spiro atoms. The SMILES string of the molecule is CP1O[C@@H](c2ccccc2)[C@H]2C=CCN21. The third-order valence-electron chi connectivity index (χ3n) is 3.04. The van der Waals surface area contributed by atoms with Crippen molar-refractivity contribution in [2.75, 3.05) is 13.2 Å². The second-order valence-electron chi connectivity index (χ2n) is 3.94. The Balaban J connectivity index is 1.92. The third kappa shape index (κ3) is 1.53. The van der Waals surface area contributed by atoms with Gasteiger partial charge in [-0.15, -0.1) is 0 Å². The molecule has 1 aromatic carbocycles. The van der Waals surface area contributed by atoms with Gasteiger partial charge in [0.05, 0.1) is 6.04 Å². The van der Waals surface area contributed by atoms with Crippen molar-refractivity contribution in [1.29, 1.82) is 0 Å². The zero-order valence-electron chi connectivity index (χ0n) is 8.71. The fourth-order valence-corrected chi connectivity index (χ4v) is 3.87. The maximum atomic E-state index is 6.05. The largest absolute Gasteiger partial charge is 0.334 e. The van der Waals surface area contributed by atoms with Crippen LogP contribution in [-0.4, -0.2) is 23.9 Å². The van der Waals surface area contributed by atoms with E-state index in [-0.39, 0.29) is 6.10 Å². The highest BCUT2D eigenvalue weighted by atomic mass is 31.2. The van der Waals surface area contributed by atoms with Crippen molar-refractivity contribution in [3.8, 4) is 0 Å². The molecule has 0 aliphatic carbocycles. The van der Waals surface area contributed by atoms with Crippen LogP contribution in [0.25, 0.3) is 0 Å². The highest BCUT2D eigenvalue weighted by Crippen LogP contribution is 2.55. The lowest BCUT2D eigenvalue weighted by Gasteiger charge is -2.17. The van der Waals surface area contributed by atoms with Gasteiger partial charge < -0.3 is 4.52 Å². The molecular formula is C12H14NOP. The molecule has 0 N–H and O–H groups in total. The van der Waals surface area contributed by atoms with Gasteiger partial charge >= 0.3 is 0 Å². The molecule has 2 heterocycles. The summed E-state index contributed by atoms with van der Waals surface area (Å²) in [5.74, 6) is 0. The predicted molar refractivity (Wildman–Crippen MR) is 62.7 cm³/mol. The average Bonchev–Trinajstić information content (AvgIpc) is 2.84. The molecule has 0 radical (unpaired) electrons. The van der Waals surface area contributed by atoms with Crippen LogP contribution >= 0.6 is 8.30 Å². The first-order valence-electron chi connectivity index (χ1n) is 5.25. The summed E-state index contributed by atoms with van der Waals surface area (Å²) >= 11 is 0. The van der Waals surface area contributed by atoms with Crippen molar-refractivity contribution in [2.24, 2.45) is 0 Å². The standard InChI is InChI=1S/C12H14NOP/c1-15-13-9-5-8-11(13)12(14-15)10-6-3-2-4-7-10/h2-8,11-12H,9H2,1H3/t11-,12+,15?/m1/s1. The Labute approximate surface area is 91.4 Å². The van der Waals surface area contributed by atoms with Gasteiger partial charge in [-0.25, -0.2) is 4.67 Å². The minimum absolute atomic E-state index is 0.237. The van der Waals surface area contributed by atoms with Crippen LogP contribution in [-0.2, 0) is 4.52 Å². The van der Waals surface area contributed by atoms with Gasteiger partial charge in [-0.2, -0.15) is 0 Å². The minimum Gasteiger partial charge on any atom is -0.334 e. The molecule has 0 aromatic heterocycles. The van der Waals surface area contributed by atoms with Crippen LogP contribution in [0.15, 0.2) is 42.5 Å². The van der Waals surface area contributed by atoms with E-state index >= 15 is 0 Å². The van der Waals surface area contributed by atoms with Crippen LogP contribution in [0, 0.1) is 0 Å². The van der Waals surface area contributed by atoms with E-state index in [1.54, 1.807) is 0 Å². The molecule has 2 aliphatic heterocycles. The number of nitrogens with zero attached hydrogens (tertiary/aromatic N) is 1. The Bertz CT molecular complexity index is 378. The van der Waals surface area contributed by atoms with Crippen LogP contribution in [0.5, 0.6) is 0 Å². The lowest BCUT2D eigenvalue weighted by atomic mass is 10.0. The Morgan fingerprint density at radius 2 is 2.13 bits per heavy atom. The summed E-state index contributed by atoms with van der Waals surface area (Å²) in [6.45, 7) is 3.24. The molecule has 2 aliphatic rings. The number of benzene rings is 1. The van der Waals surface area contributed by atoms with E-state index in [0.717, 1.165) is 6.54 Å². The summed E-state index contributed by atoms with van der Waals surface area (Å²) in [7, 11) is -0.397. The molecule has 1 saturated heterocycles. The van der Waals surface area contributed by atoms with E-state index in [1.807, 2.05) is 0 Å². The van der Waals surface area contributed by atoms with Gasteiger partial charge in [0.25, 0.3) is 0 Å². The van der Waals surface area contributed by atoms with Gasteiger partial charge in [-0.3, -0.25) is 0 Å². The van der Waals surface area contributed by atoms with Gasteiger partial charge in [-0.05, 0) is 12.2 Å². The van der Waals surface area contributed by atoms with E-state index in [1.165, 1.54) is 5.56 Å². The number of hydrogen-bond donors (Lipinski definition) is 0. The molecule has 0 amide bonds. The van der Waals surface area contributed by atoms with E-state index in [4.69, 9.17) is 4.52 Å². The second kappa shape index (κ2) is 3.71. The van der Waals surface area contributed by atoms with E-state index in [9.17, 15) is 0 Å². The normalized spacial score (nSPS) is 34.6. The Morgan fingerprint density at radius 1 is 1.33 bits per heavy atom. The molecule has 3 rings (SSSR count). The smallest absolute Gasteiger partial charge is 0.108 e. The molecule has 1 aromatic rings. The summed E-state index contributed by atoms with van der Waals surface area (Å²) in [5, 5.41) is 0. The van der Waals surface area contributed by atoms with Crippen LogP contribution in [0.1, 0.15) is 11.7 Å². The van der Waals surface area contributed by atoms with Crippen molar-refractivity contribution in [3.05, 3.63) is 48.0 Å². The van der Waals surface area contributed by atoms with Gasteiger partial charge in [-0.1, -0.05) is 42.5 Å². The van der Waals surface area contributed by atoms with Gasteiger partial charge in [0, 0.05) is 6.54 Å². The molecule has 2 nitrogen and oxygen atoms in total. The Kier molecular flexibility index (Phi) is 2.36. The number of rotatable bonds is 1. The van der Waals surface area contributed by atoms with Crippen LogP contribution in [0.2, 0.25) is 0 Å². The van der Waals surface area contributed by atoms with Crippen molar-refractivity contribution < 1.29 is 4.52 Å². The van der Waals surface area contributed by atoms with E-state index < -0.39 is 8.30 Å². The predicted octanol–water partition coefficient (Wildman–Crippen LogP) is 2.94. The zero-order valence-corrected chi connectivity index (χ0v) is 9.60. The van der Waals surface area contributed by atoms with Crippen molar-refractivity contribution in [1.82, 2.24) is 4.67 Å². The quantitative estimate of drug-likeness (QED) is 0.532. The molecule has 1 unspecified atom stereocenters. The fourth-order valence-electron chi connectivity index (χ4n) is 2.28. The van der Waals surface area contributed by atoms with E-state index in [2.05, 4.69) is 53.8 Å². The molecule has 3 atom stereocenters. The summed E-state index contributed by atoms with van der Waals surface area (Å²) in [6, 6.07) is 11.0. The fraction of sp³-hybridized carbons (Fsp3) is 0.333. The average molecular weight is 219 g/mol. The maximum absolute atomic E-state index is 6.05. The molecule has 3 heteroatoms. The van der Waals surface area contributed by atoms with Crippen LogP contribution in [0.4, 0.5) is 0 Å². The van der Waals surface area contributed by atoms with Crippen molar-refractivity contribution >= 4 is 8.30 Å². The first-order valence-corrected chi connectivity index (χ1v) is 6.91. The zero-order chi connectivity index (χ0) is 10.3. The summed E-state index contributed by atoms with van der Waals surface area (Å²) in [6.07, 6.45) is 4.77. The molecule has 78 valence electrons. The molecular weight excluding hydrogens is 205 g/mol. The Hall–Kier alpha value is -0.690. The van der Waals surface area contributed by atoms with Gasteiger partial charge in [0.2, 0.25) is 0 Å². The Morgan fingerprint density at radius 3 is 2.93 bits per heavy atom. The monoisotopic (exact) mass is 219 g/mol. The lowest BCUT2D eigenvalue weighted by Crippen LogP contribution is -2.22. The van der Waals surface area contributed by atoms with Gasteiger partial charge in [0.15, 0.2) is 0 Å². The molecule has 15 heavy (non-hydrogen) atoms. The van der Waals surface area contributed by atoms with Crippen LogP contribution in [0.3, 0.4) is 0 Å². The van der Waals surface area contributed by atoms with E-state index in [0.29, 0.717) is 6.04 Å². The highest BCUT2D eigenvalue weighted by molar-refractivity contribution is 7.49. The first-order chi connectivity index (χ1) is 7.36. The lowest BCUT2D eigenvalue weighted by molar-refractivity contribution is 0.234. The van der Waals surface area contributed by atoms with Crippen molar-refractivity contribution in [3.63, 3.8) is 0 Å². The minimum atomic E-state index is -0.397. The second-order valence-corrected chi connectivity index (χ2v) is 5.59. The number of hydrogen-bond acceptors (Lipinski definition) is 2.